The lowest BCUT2D eigenvalue weighted by Gasteiger charge is -2.13. The van der Waals surface area contributed by atoms with Crippen molar-refractivity contribution in [1.82, 2.24) is 0 Å². The molecular formula is C19H27NO4. The van der Waals surface area contributed by atoms with E-state index in [1.165, 1.54) is 0 Å². The van der Waals surface area contributed by atoms with Crippen LogP contribution in [0.25, 0.3) is 0 Å². The summed E-state index contributed by atoms with van der Waals surface area (Å²) in [5.74, 6) is -0.393. The van der Waals surface area contributed by atoms with E-state index in [-0.39, 0.29) is 23.6 Å². The molecule has 1 aromatic carbocycles. The summed E-state index contributed by atoms with van der Waals surface area (Å²) in [5, 5.41) is 2.76. The van der Waals surface area contributed by atoms with Crippen molar-refractivity contribution in [3.63, 3.8) is 0 Å². The van der Waals surface area contributed by atoms with Crippen molar-refractivity contribution < 1.29 is 19.1 Å². The summed E-state index contributed by atoms with van der Waals surface area (Å²) in [7, 11) is 0. The smallest absolute Gasteiger partial charge is 0.306 e. The highest BCUT2D eigenvalue weighted by Gasteiger charge is 2.19. The van der Waals surface area contributed by atoms with Crippen LogP contribution in [0.1, 0.15) is 57.8 Å². The predicted molar refractivity (Wildman–Crippen MR) is 93.9 cm³/mol. The molecule has 5 heteroatoms. The molecule has 0 aliphatic rings. The molecule has 1 rings (SSSR count). The number of rotatable bonds is 8. The van der Waals surface area contributed by atoms with Crippen LogP contribution in [-0.4, -0.2) is 23.8 Å². The number of benzene rings is 1. The molecule has 1 amide bonds. The first-order valence-electron chi connectivity index (χ1n) is 8.35. The third-order valence-electron chi connectivity index (χ3n) is 3.56. The number of carbonyl (C=O) groups is 3. The quantitative estimate of drug-likeness (QED) is 0.579. The van der Waals surface area contributed by atoms with Crippen LogP contribution in [0.15, 0.2) is 24.3 Å². The van der Waals surface area contributed by atoms with Crippen LogP contribution in [0.3, 0.4) is 0 Å². The van der Waals surface area contributed by atoms with E-state index in [4.69, 9.17) is 4.74 Å². The molecule has 132 valence electrons. The van der Waals surface area contributed by atoms with Crippen molar-refractivity contribution in [2.45, 2.75) is 53.6 Å². The highest BCUT2D eigenvalue weighted by molar-refractivity contribution is 6.00. The highest BCUT2D eigenvalue weighted by Crippen LogP contribution is 2.14. The number of esters is 1. The Morgan fingerprint density at radius 3 is 2.08 bits per heavy atom. The van der Waals surface area contributed by atoms with Gasteiger partial charge in [0, 0.05) is 23.6 Å². The van der Waals surface area contributed by atoms with Crippen molar-refractivity contribution in [2.24, 2.45) is 11.8 Å². The molecule has 5 nitrogen and oxygen atoms in total. The van der Waals surface area contributed by atoms with Gasteiger partial charge < -0.3 is 10.1 Å². The van der Waals surface area contributed by atoms with Crippen LogP contribution in [0, 0.1) is 11.8 Å². The maximum atomic E-state index is 12.3. The van der Waals surface area contributed by atoms with E-state index < -0.39 is 6.10 Å². The summed E-state index contributed by atoms with van der Waals surface area (Å²) in [6, 6.07) is 6.58. The standard InChI is InChI=1S/C19H27NO4/c1-12(2)6-11-17(21)24-14(5)18(22)15-7-9-16(10-8-15)20-19(23)13(3)4/h7-10,12-14H,6,11H2,1-5H3,(H,20,23)/t14-/m0/s1. The van der Waals surface area contributed by atoms with Crippen LogP contribution in [0.5, 0.6) is 0 Å². The zero-order valence-corrected chi connectivity index (χ0v) is 15.1. The predicted octanol–water partition coefficient (Wildman–Crippen LogP) is 3.83. The van der Waals surface area contributed by atoms with Gasteiger partial charge in [-0.1, -0.05) is 27.7 Å². The molecule has 0 unspecified atom stereocenters. The number of ketones is 1. The first-order chi connectivity index (χ1) is 11.2. The molecule has 0 aromatic heterocycles. The summed E-state index contributed by atoms with van der Waals surface area (Å²) >= 11 is 0. The van der Waals surface area contributed by atoms with E-state index >= 15 is 0 Å². The number of carbonyl (C=O) groups excluding carboxylic acids is 3. The van der Waals surface area contributed by atoms with Crippen LogP contribution in [-0.2, 0) is 14.3 Å². The average Bonchev–Trinajstić information content (AvgIpc) is 2.52. The fourth-order valence-electron chi connectivity index (χ4n) is 1.96. The van der Waals surface area contributed by atoms with Gasteiger partial charge >= 0.3 is 5.97 Å². The number of ether oxygens (including phenoxy) is 1. The van der Waals surface area contributed by atoms with Crippen molar-refractivity contribution in [3.8, 4) is 0 Å². The van der Waals surface area contributed by atoms with Gasteiger partial charge in [0.15, 0.2) is 6.10 Å². The number of amides is 1. The lowest BCUT2D eigenvalue weighted by atomic mass is 10.1. The first kappa shape index (κ1) is 19.9. The van der Waals surface area contributed by atoms with Gasteiger partial charge in [-0.3, -0.25) is 14.4 Å². The molecule has 1 atom stereocenters. The Kier molecular flexibility index (Phi) is 7.62. The molecule has 0 aliphatic heterocycles. The van der Waals surface area contributed by atoms with Gasteiger partial charge in [-0.25, -0.2) is 0 Å². The minimum atomic E-state index is -0.819. The van der Waals surface area contributed by atoms with E-state index in [2.05, 4.69) is 5.32 Å². The van der Waals surface area contributed by atoms with E-state index in [9.17, 15) is 14.4 Å². The average molecular weight is 333 g/mol. The Labute approximate surface area is 143 Å². The van der Waals surface area contributed by atoms with Gasteiger partial charge in [-0.2, -0.15) is 0 Å². The second-order valence-corrected chi connectivity index (χ2v) is 6.65. The molecule has 0 aliphatic carbocycles. The monoisotopic (exact) mass is 333 g/mol. The molecule has 0 fully saturated rings. The van der Waals surface area contributed by atoms with E-state index in [0.29, 0.717) is 23.6 Å². The molecule has 0 saturated carbocycles. The molecule has 24 heavy (non-hydrogen) atoms. The topological polar surface area (TPSA) is 72.5 Å². The zero-order valence-electron chi connectivity index (χ0n) is 15.1. The molecular weight excluding hydrogens is 306 g/mol. The summed E-state index contributed by atoms with van der Waals surface area (Å²) in [4.78, 5) is 35.6. The number of nitrogens with one attached hydrogen (secondary N) is 1. The zero-order chi connectivity index (χ0) is 18.3. The van der Waals surface area contributed by atoms with Gasteiger partial charge in [0.05, 0.1) is 0 Å². The molecule has 0 heterocycles. The van der Waals surface area contributed by atoms with Crippen molar-refractivity contribution in [2.75, 3.05) is 5.32 Å². The number of hydrogen-bond donors (Lipinski definition) is 1. The molecule has 0 radical (unpaired) electrons. The van der Waals surface area contributed by atoms with Gasteiger partial charge in [0.1, 0.15) is 0 Å². The third kappa shape index (κ3) is 6.52. The van der Waals surface area contributed by atoms with E-state index in [1.54, 1.807) is 31.2 Å². The van der Waals surface area contributed by atoms with Gasteiger partial charge in [-0.15, -0.1) is 0 Å². The number of hydrogen-bond acceptors (Lipinski definition) is 4. The maximum Gasteiger partial charge on any atom is 0.306 e. The second-order valence-electron chi connectivity index (χ2n) is 6.65. The summed E-state index contributed by atoms with van der Waals surface area (Å²) in [6.07, 6.45) is 0.236. The Morgan fingerprint density at radius 1 is 1.00 bits per heavy atom. The van der Waals surface area contributed by atoms with Gasteiger partial charge in [-0.05, 0) is 43.5 Å². The Morgan fingerprint density at radius 2 is 1.58 bits per heavy atom. The minimum absolute atomic E-state index is 0.0819. The van der Waals surface area contributed by atoms with E-state index in [1.807, 2.05) is 27.7 Å². The highest BCUT2D eigenvalue weighted by atomic mass is 16.5. The molecule has 0 bridgehead atoms. The third-order valence-corrected chi connectivity index (χ3v) is 3.56. The second kappa shape index (κ2) is 9.21. The maximum absolute atomic E-state index is 12.3. The van der Waals surface area contributed by atoms with Crippen LogP contribution < -0.4 is 5.32 Å². The van der Waals surface area contributed by atoms with Crippen molar-refractivity contribution in [1.29, 1.82) is 0 Å². The van der Waals surface area contributed by atoms with Crippen molar-refractivity contribution >= 4 is 23.3 Å². The minimum Gasteiger partial charge on any atom is -0.454 e. The lowest BCUT2D eigenvalue weighted by Crippen LogP contribution is -2.24. The van der Waals surface area contributed by atoms with E-state index in [0.717, 1.165) is 6.42 Å². The van der Waals surface area contributed by atoms with Gasteiger partial charge in [0.25, 0.3) is 0 Å². The first-order valence-corrected chi connectivity index (χ1v) is 8.35. The Balaban J connectivity index is 2.61. The summed E-state index contributed by atoms with van der Waals surface area (Å²) in [5.41, 5.74) is 1.08. The normalized spacial score (nSPS) is 12.1. The molecule has 0 saturated heterocycles. The van der Waals surface area contributed by atoms with Crippen molar-refractivity contribution in [3.05, 3.63) is 29.8 Å². The summed E-state index contributed by atoms with van der Waals surface area (Å²) < 4.78 is 5.19. The van der Waals surface area contributed by atoms with Crippen LogP contribution in [0.4, 0.5) is 5.69 Å². The largest absolute Gasteiger partial charge is 0.454 e. The number of anilines is 1. The SMILES string of the molecule is CC(C)CCC(=O)O[C@@H](C)C(=O)c1ccc(NC(=O)C(C)C)cc1. The van der Waals surface area contributed by atoms with Gasteiger partial charge in [0.2, 0.25) is 11.7 Å². The van der Waals surface area contributed by atoms with Crippen LogP contribution in [0.2, 0.25) is 0 Å². The number of Topliss-reactive ketones (excluding diaryl/α,β-unsaturated/α-hetero) is 1. The van der Waals surface area contributed by atoms with Crippen LogP contribution >= 0.6 is 0 Å². The Bertz CT molecular complexity index is 576. The lowest BCUT2D eigenvalue weighted by molar-refractivity contribution is -0.146. The summed E-state index contributed by atoms with van der Waals surface area (Å²) in [6.45, 7) is 9.25. The fraction of sp³-hybridized carbons (Fsp3) is 0.526. The Hall–Kier alpha value is -2.17. The molecule has 1 N–H and O–H groups in total. The molecule has 0 spiro atoms. The molecule has 1 aromatic rings. The fourth-order valence-corrected chi connectivity index (χ4v) is 1.96.